The number of aliphatic imine (C=N–C) groups is 1. The predicted octanol–water partition coefficient (Wildman–Crippen LogP) is 2.93. The van der Waals surface area contributed by atoms with Crippen LogP contribution in [0.3, 0.4) is 0 Å². The van der Waals surface area contributed by atoms with Gasteiger partial charge in [-0.05, 0) is 72.1 Å². The van der Waals surface area contributed by atoms with Crippen LogP contribution in [0.4, 0.5) is 0 Å². The molecule has 0 aromatic heterocycles. The van der Waals surface area contributed by atoms with Crippen LogP contribution in [0, 0.1) is 17.3 Å². The molecule has 8 atom stereocenters. The van der Waals surface area contributed by atoms with Gasteiger partial charge < -0.3 is 30.1 Å². The zero-order valence-corrected chi connectivity index (χ0v) is 28.5. The number of aliphatic hydroxyl groups excluding tert-OH is 1. The molecule has 2 aliphatic rings. The molecular formula is C31H54N4O7S. The van der Waals surface area contributed by atoms with Gasteiger partial charge in [-0.3, -0.25) is 19.4 Å². The number of rotatable bonds is 10. The molecule has 2 rings (SSSR count). The number of hydrogen-bond acceptors (Lipinski definition) is 9. The number of amides is 3. The summed E-state index contributed by atoms with van der Waals surface area (Å²) in [5, 5.41) is 16.0. The summed E-state index contributed by atoms with van der Waals surface area (Å²) in [4.78, 5) is 60.8. The van der Waals surface area contributed by atoms with E-state index >= 15 is 0 Å². The molecule has 0 unspecified atom stereocenters. The topological polar surface area (TPSA) is 147 Å². The molecule has 0 fully saturated rings. The largest absolute Gasteiger partial charge is 0.459 e. The number of esters is 1. The molecule has 11 nitrogen and oxygen atoms in total. The highest BCUT2D eigenvalue weighted by atomic mass is 32.2. The molecule has 0 aromatic carbocycles. The molecule has 3 amide bonds. The number of fused-ring (bicyclic) bond motifs is 1. The summed E-state index contributed by atoms with van der Waals surface area (Å²) in [7, 11) is 3.24. The maximum Gasteiger partial charge on any atom is 0.328 e. The first kappa shape index (κ1) is 37.0. The Morgan fingerprint density at radius 2 is 1.70 bits per heavy atom. The average Bonchev–Trinajstić information content (AvgIpc) is 3.35. The van der Waals surface area contributed by atoms with Crippen LogP contribution in [-0.2, 0) is 28.7 Å². The quantitative estimate of drug-likeness (QED) is 0.314. The van der Waals surface area contributed by atoms with E-state index in [2.05, 4.69) is 17.6 Å². The van der Waals surface area contributed by atoms with Crippen LogP contribution in [0.5, 0.6) is 0 Å². The van der Waals surface area contributed by atoms with Crippen LogP contribution in [0.1, 0.15) is 87.5 Å². The van der Waals surface area contributed by atoms with E-state index in [4.69, 9.17) is 14.5 Å². The Kier molecular flexibility index (Phi) is 13.5. The van der Waals surface area contributed by atoms with Gasteiger partial charge in [0.05, 0.1) is 22.6 Å². The minimum atomic E-state index is -1.14. The van der Waals surface area contributed by atoms with Gasteiger partial charge in [-0.1, -0.05) is 27.2 Å². The van der Waals surface area contributed by atoms with E-state index < -0.39 is 53.0 Å². The smallest absolute Gasteiger partial charge is 0.328 e. The SMILES string of the molecule is CCC[C@@H](CC[C@@H](C)[C@@H]1OC(=O)[C@H](C)NC(=O)[C@H]([C@@H](C)CCO)N(C)C(=O)[C@]2(C)CSC(=N2)[C@H](C)NC(=O)C1(C)C)OC. The molecule has 43 heavy (non-hydrogen) atoms. The highest BCUT2D eigenvalue weighted by Gasteiger charge is 2.47. The van der Waals surface area contributed by atoms with Crippen molar-refractivity contribution in [2.24, 2.45) is 22.2 Å². The third-order valence-electron chi connectivity index (χ3n) is 8.82. The highest BCUT2D eigenvalue weighted by Crippen LogP contribution is 2.35. The Hall–Kier alpha value is -2.18. The minimum Gasteiger partial charge on any atom is -0.459 e. The van der Waals surface area contributed by atoms with Crippen LogP contribution < -0.4 is 10.6 Å². The number of aliphatic hydroxyl groups is 1. The van der Waals surface area contributed by atoms with Gasteiger partial charge in [0, 0.05) is 26.5 Å². The van der Waals surface area contributed by atoms with E-state index in [0.29, 0.717) is 17.2 Å². The molecule has 0 radical (unpaired) electrons. The van der Waals surface area contributed by atoms with Crippen molar-refractivity contribution >= 4 is 40.5 Å². The van der Waals surface area contributed by atoms with Gasteiger partial charge in [-0.15, -0.1) is 11.8 Å². The van der Waals surface area contributed by atoms with E-state index in [1.165, 1.54) is 23.6 Å². The predicted molar refractivity (Wildman–Crippen MR) is 169 cm³/mol. The number of cyclic esters (lactones) is 1. The lowest BCUT2D eigenvalue weighted by atomic mass is 9.77. The van der Waals surface area contributed by atoms with Gasteiger partial charge in [0.15, 0.2) is 0 Å². The van der Waals surface area contributed by atoms with Gasteiger partial charge >= 0.3 is 5.97 Å². The number of carbonyl (C=O) groups is 4. The summed E-state index contributed by atoms with van der Waals surface area (Å²) in [5.41, 5.74) is -2.27. The van der Waals surface area contributed by atoms with Crippen LogP contribution in [0.2, 0.25) is 0 Å². The first-order valence-corrected chi connectivity index (χ1v) is 16.5. The molecule has 2 heterocycles. The zero-order chi connectivity index (χ0) is 32.7. The molecule has 3 N–H and O–H groups in total. The van der Waals surface area contributed by atoms with Crippen LogP contribution >= 0.6 is 11.8 Å². The van der Waals surface area contributed by atoms with E-state index in [1.54, 1.807) is 41.9 Å². The lowest BCUT2D eigenvalue weighted by Gasteiger charge is -2.38. The third kappa shape index (κ3) is 8.94. The minimum absolute atomic E-state index is 0.0637. The first-order chi connectivity index (χ1) is 20.0. The molecule has 0 aromatic rings. The van der Waals surface area contributed by atoms with Gasteiger partial charge in [0.1, 0.15) is 23.7 Å². The third-order valence-corrected chi connectivity index (χ3v) is 10.3. The number of ether oxygens (including phenoxy) is 2. The number of methoxy groups -OCH3 is 1. The number of hydrogen-bond donors (Lipinski definition) is 3. The number of nitrogens with zero attached hydrogens (tertiary/aromatic N) is 2. The second kappa shape index (κ2) is 15.7. The van der Waals surface area contributed by atoms with Crippen molar-refractivity contribution in [2.75, 3.05) is 26.5 Å². The van der Waals surface area contributed by atoms with Crippen molar-refractivity contribution in [3.63, 3.8) is 0 Å². The van der Waals surface area contributed by atoms with Crippen LogP contribution in [0.25, 0.3) is 0 Å². The highest BCUT2D eigenvalue weighted by molar-refractivity contribution is 8.14. The lowest BCUT2D eigenvalue weighted by Crippen LogP contribution is -2.58. The monoisotopic (exact) mass is 626 g/mol. The van der Waals surface area contributed by atoms with E-state index in [-0.39, 0.29) is 36.9 Å². The Bertz CT molecular complexity index is 1040. The Balaban J connectivity index is 2.54. The van der Waals surface area contributed by atoms with Crippen molar-refractivity contribution in [3.8, 4) is 0 Å². The summed E-state index contributed by atoms with van der Waals surface area (Å²) in [5.74, 6) is -2.09. The summed E-state index contributed by atoms with van der Waals surface area (Å²) in [6.45, 7) is 14.3. The fraction of sp³-hybridized carbons (Fsp3) is 0.839. The average molecular weight is 627 g/mol. The van der Waals surface area contributed by atoms with Crippen LogP contribution in [-0.4, -0.2) is 101 Å². The summed E-state index contributed by atoms with van der Waals surface area (Å²) < 4.78 is 11.7. The standard InChI is InChI=1S/C31H54N4O7S/c1-11-12-22(41-10)14-13-19(3)24-30(6,7)28(39)33-20(4)26-34-31(8,17-43-26)29(40)35(9)23(18(2)15-16-36)25(37)32-21(5)27(38)42-24/h18-24,36H,11-17H2,1-10H3,(H,32,37)(H,33,39)/t18-,19+,20-,21-,22-,23-,24-,31-/m0/s1. The molecule has 0 spiro atoms. The fourth-order valence-electron chi connectivity index (χ4n) is 5.97. The number of nitrogens with one attached hydrogen (secondary N) is 2. The van der Waals surface area contributed by atoms with Crippen molar-refractivity contribution in [3.05, 3.63) is 0 Å². The molecule has 246 valence electrons. The Labute approximate surface area is 261 Å². The molecule has 2 bridgehead atoms. The van der Waals surface area contributed by atoms with E-state index in [9.17, 15) is 24.3 Å². The summed E-state index contributed by atoms with van der Waals surface area (Å²) in [6, 6.07) is -2.48. The van der Waals surface area contributed by atoms with Gasteiger partial charge in [0.25, 0.3) is 5.91 Å². The summed E-state index contributed by atoms with van der Waals surface area (Å²) in [6.07, 6.45) is 2.85. The molecule has 0 aliphatic carbocycles. The molecule has 2 aliphatic heterocycles. The van der Waals surface area contributed by atoms with Crippen molar-refractivity contribution in [1.82, 2.24) is 15.5 Å². The van der Waals surface area contributed by atoms with E-state index in [0.717, 1.165) is 19.3 Å². The van der Waals surface area contributed by atoms with Crippen LogP contribution in [0.15, 0.2) is 4.99 Å². The zero-order valence-electron chi connectivity index (χ0n) is 27.7. The second-order valence-electron chi connectivity index (χ2n) is 13.1. The van der Waals surface area contributed by atoms with Crippen molar-refractivity contribution in [2.45, 2.75) is 123 Å². The Morgan fingerprint density at radius 3 is 2.28 bits per heavy atom. The van der Waals surface area contributed by atoms with E-state index in [1.807, 2.05) is 13.8 Å². The second-order valence-corrected chi connectivity index (χ2v) is 14.1. The molecule has 12 heteroatoms. The first-order valence-electron chi connectivity index (χ1n) is 15.5. The van der Waals surface area contributed by atoms with Crippen molar-refractivity contribution in [1.29, 1.82) is 0 Å². The normalized spacial score (nSPS) is 31.0. The number of carbonyl (C=O) groups excluding carboxylic acids is 4. The number of likely N-dealkylation sites (N-methyl/N-ethyl adjacent to an activating group) is 1. The summed E-state index contributed by atoms with van der Waals surface area (Å²) >= 11 is 1.40. The molecule has 0 saturated carbocycles. The van der Waals surface area contributed by atoms with Gasteiger partial charge in [-0.25, -0.2) is 4.79 Å². The van der Waals surface area contributed by atoms with Gasteiger partial charge in [0.2, 0.25) is 11.8 Å². The molecule has 0 saturated heterocycles. The van der Waals surface area contributed by atoms with Crippen molar-refractivity contribution < 1.29 is 33.8 Å². The fourth-order valence-corrected chi connectivity index (χ4v) is 7.16. The maximum absolute atomic E-state index is 13.8. The Morgan fingerprint density at radius 1 is 1.05 bits per heavy atom. The number of thioether (sulfide) groups is 1. The van der Waals surface area contributed by atoms with Gasteiger partial charge in [-0.2, -0.15) is 0 Å². The lowest BCUT2D eigenvalue weighted by molar-refractivity contribution is -0.167. The molecular weight excluding hydrogens is 572 g/mol. The maximum atomic E-state index is 13.8.